The van der Waals surface area contributed by atoms with Crippen LogP contribution in [0.3, 0.4) is 0 Å². The Hall–Kier alpha value is -2.04. The number of rotatable bonds is 4. The minimum absolute atomic E-state index is 0.206. The van der Waals surface area contributed by atoms with Crippen molar-refractivity contribution in [3.8, 4) is 5.75 Å². The molecule has 1 aromatic carbocycles. The Kier molecular flexibility index (Phi) is 3.46. The lowest BCUT2D eigenvalue weighted by Crippen LogP contribution is -2.44. The summed E-state index contributed by atoms with van der Waals surface area (Å²) in [6.45, 7) is 1.91. The van der Waals surface area contributed by atoms with Crippen LogP contribution in [0.5, 0.6) is 5.75 Å². The van der Waals surface area contributed by atoms with E-state index in [9.17, 15) is 4.79 Å². The van der Waals surface area contributed by atoms with E-state index in [1.807, 2.05) is 31.2 Å². The van der Waals surface area contributed by atoms with E-state index in [0.717, 1.165) is 12.2 Å². The normalized spacial score (nSPS) is 22.6. The van der Waals surface area contributed by atoms with Crippen LogP contribution < -0.4 is 10.1 Å². The van der Waals surface area contributed by atoms with E-state index >= 15 is 0 Å². The minimum atomic E-state index is -0.545. The Morgan fingerprint density at radius 3 is 2.47 bits per heavy atom. The van der Waals surface area contributed by atoms with Crippen LogP contribution in [0.15, 0.2) is 24.3 Å². The highest BCUT2D eigenvalue weighted by Crippen LogP contribution is 2.26. The Morgan fingerprint density at radius 1 is 1.37 bits per heavy atom. The number of urea groups is 1. The fourth-order valence-corrected chi connectivity index (χ4v) is 2.19. The summed E-state index contributed by atoms with van der Waals surface area (Å²) in [6, 6.07) is 7.66. The molecule has 2 rings (SSSR count). The predicted octanol–water partition coefficient (Wildman–Crippen LogP) is 2.02. The van der Waals surface area contributed by atoms with Gasteiger partial charge in [-0.05, 0) is 37.5 Å². The molecule has 0 bridgehead atoms. The molecule has 1 unspecified atom stereocenters. The van der Waals surface area contributed by atoms with Gasteiger partial charge in [-0.3, -0.25) is 10.7 Å². The maximum Gasteiger partial charge on any atom is 0.323 e. The fraction of sp³-hybridized carbons (Fsp3) is 0.429. The van der Waals surface area contributed by atoms with Gasteiger partial charge in [-0.25, -0.2) is 4.79 Å². The zero-order chi connectivity index (χ0) is 14.0. The van der Waals surface area contributed by atoms with Crippen LogP contribution >= 0.6 is 0 Å². The number of likely N-dealkylation sites (N-methyl/N-ethyl adjacent to an activating group) is 1. The van der Waals surface area contributed by atoms with Crippen LogP contribution in [0, 0.1) is 5.41 Å². The van der Waals surface area contributed by atoms with Gasteiger partial charge in [0.1, 0.15) is 11.6 Å². The lowest BCUT2D eigenvalue weighted by Gasteiger charge is -2.30. The summed E-state index contributed by atoms with van der Waals surface area (Å²) in [4.78, 5) is 13.1. The molecule has 1 saturated heterocycles. The number of benzene rings is 1. The Balaban J connectivity index is 2.05. The van der Waals surface area contributed by atoms with Crippen molar-refractivity contribution >= 4 is 11.9 Å². The summed E-state index contributed by atoms with van der Waals surface area (Å²) in [5.41, 5.74) is 0.624. The molecule has 1 atom stereocenters. The number of nitrogens with one attached hydrogen (secondary N) is 2. The number of aryl methyl sites for hydroxylation is 1. The highest BCUT2D eigenvalue weighted by Gasteiger charge is 2.43. The summed E-state index contributed by atoms with van der Waals surface area (Å²) in [6.07, 6.45) is 1.52. The predicted molar refractivity (Wildman–Crippen MR) is 73.7 cm³/mol. The van der Waals surface area contributed by atoms with E-state index in [1.165, 1.54) is 5.56 Å². The van der Waals surface area contributed by atoms with Crippen molar-refractivity contribution in [2.75, 3.05) is 14.2 Å². The summed E-state index contributed by atoms with van der Waals surface area (Å²) >= 11 is 0. The van der Waals surface area contributed by atoms with E-state index in [0.29, 0.717) is 6.42 Å². The topological polar surface area (TPSA) is 65.4 Å². The monoisotopic (exact) mass is 261 g/mol. The lowest BCUT2D eigenvalue weighted by atomic mass is 9.92. The van der Waals surface area contributed by atoms with Gasteiger partial charge in [-0.15, -0.1) is 0 Å². The van der Waals surface area contributed by atoms with Gasteiger partial charge >= 0.3 is 6.03 Å². The standard InChI is InChI=1S/C14H19N3O2/c1-14(12(15)16-13(18)17(14)2)9-8-10-4-6-11(19-3)7-5-10/h4-7H,8-9H2,1-3H3,(H2,15,16,18). The van der Waals surface area contributed by atoms with Gasteiger partial charge in [0.05, 0.1) is 12.6 Å². The number of hydrogen-bond donors (Lipinski definition) is 2. The molecule has 0 radical (unpaired) electrons. The third-order valence-electron chi connectivity index (χ3n) is 3.87. The SMILES string of the molecule is COc1ccc(CCC2(C)C(=N)NC(=O)N2C)cc1. The zero-order valence-corrected chi connectivity index (χ0v) is 11.5. The second kappa shape index (κ2) is 4.91. The number of hydrogen-bond acceptors (Lipinski definition) is 3. The van der Waals surface area contributed by atoms with Crippen molar-refractivity contribution in [3.05, 3.63) is 29.8 Å². The molecule has 0 aromatic heterocycles. The van der Waals surface area contributed by atoms with Crippen molar-refractivity contribution in [3.63, 3.8) is 0 Å². The molecular formula is C14H19N3O2. The summed E-state index contributed by atoms with van der Waals surface area (Å²) in [7, 11) is 3.37. The molecule has 1 heterocycles. The summed E-state index contributed by atoms with van der Waals surface area (Å²) in [5, 5.41) is 10.5. The van der Waals surface area contributed by atoms with Crippen LogP contribution in [0.25, 0.3) is 0 Å². The Morgan fingerprint density at radius 2 is 2.00 bits per heavy atom. The van der Waals surface area contributed by atoms with E-state index in [2.05, 4.69) is 5.32 Å². The Bertz CT molecular complexity index is 498. The molecule has 5 heteroatoms. The number of nitrogens with zero attached hydrogens (tertiary/aromatic N) is 1. The van der Waals surface area contributed by atoms with Crippen LogP contribution in [-0.4, -0.2) is 36.5 Å². The molecule has 19 heavy (non-hydrogen) atoms. The van der Waals surface area contributed by atoms with Crippen LogP contribution in [0.1, 0.15) is 18.9 Å². The quantitative estimate of drug-likeness (QED) is 0.870. The van der Waals surface area contributed by atoms with Gasteiger partial charge in [0.2, 0.25) is 0 Å². The molecule has 0 saturated carbocycles. The summed E-state index contributed by atoms with van der Waals surface area (Å²) < 4.78 is 5.12. The van der Waals surface area contributed by atoms with Crippen LogP contribution in [0.2, 0.25) is 0 Å². The van der Waals surface area contributed by atoms with E-state index in [1.54, 1.807) is 19.1 Å². The molecule has 2 amide bonds. The average molecular weight is 261 g/mol. The number of amides is 2. The Labute approximate surface area is 113 Å². The molecule has 0 spiro atoms. The number of methoxy groups -OCH3 is 1. The highest BCUT2D eigenvalue weighted by atomic mass is 16.5. The molecule has 1 aromatic rings. The van der Waals surface area contributed by atoms with Gasteiger partial charge in [0, 0.05) is 7.05 Å². The number of ether oxygens (including phenoxy) is 1. The highest BCUT2D eigenvalue weighted by molar-refractivity contribution is 6.08. The molecule has 1 fully saturated rings. The molecule has 5 nitrogen and oxygen atoms in total. The molecule has 1 aliphatic heterocycles. The van der Waals surface area contributed by atoms with Gasteiger partial charge in [0.15, 0.2) is 0 Å². The van der Waals surface area contributed by atoms with Gasteiger partial charge < -0.3 is 9.64 Å². The first-order valence-electron chi connectivity index (χ1n) is 6.24. The van der Waals surface area contributed by atoms with Crippen LogP contribution in [-0.2, 0) is 6.42 Å². The van der Waals surface area contributed by atoms with Crippen LogP contribution in [0.4, 0.5) is 4.79 Å². The second-order valence-electron chi connectivity index (χ2n) is 4.99. The first kappa shape index (κ1) is 13.4. The first-order chi connectivity index (χ1) is 8.97. The minimum Gasteiger partial charge on any atom is -0.497 e. The van der Waals surface area contributed by atoms with Gasteiger partial charge in [-0.2, -0.15) is 0 Å². The zero-order valence-electron chi connectivity index (χ0n) is 11.5. The molecule has 102 valence electrons. The maximum atomic E-state index is 11.6. The first-order valence-corrected chi connectivity index (χ1v) is 6.24. The van der Waals surface area contributed by atoms with Crippen molar-refractivity contribution in [2.45, 2.75) is 25.3 Å². The number of carbonyl (C=O) groups is 1. The van der Waals surface area contributed by atoms with Crippen molar-refractivity contribution in [2.24, 2.45) is 0 Å². The second-order valence-corrected chi connectivity index (χ2v) is 4.99. The molecular weight excluding hydrogens is 242 g/mol. The molecule has 0 aliphatic carbocycles. The average Bonchev–Trinajstić information content (AvgIpc) is 2.61. The molecule has 1 aliphatic rings. The summed E-state index contributed by atoms with van der Waals surface area (Å²) in [5.74, 6) is 1.10. The smallest absolute Gasteiger partial charge is 0.323 e. The third kappa shape index (κ3) is 2.41. The molecule has 2 N–H and O–H groups in total. The van der Waals surface area contributed by atoms with Crippen molar-refractivity contribution < 1.29 is 9.53 Å². The van der Waals surface area contributed by atoms with Gasteiger partial charge in [-0.1, -0.05) is 12.1 Å². The fourth-order valence-electron chi connectivity index (χ4n) is 2.19. The number of carbonyl (C=O) groups excluding carboxylic acids is 1. The van der Waals surface area contributed by atoms with Crippen molar-refractivity contribution in [1.29, 1.82) is 5.41 Å². The van der Waals surface area contributed by atoms with E-state index < -0.39 is 5.54 Å². The van der Waals surface area contributed by atoms with E-state index in [-0.39, 0.29) is 11.9 Å². The van der Waals surface area contributed by atoms with Crippen molar-refractivity contribution in [1.82, 2.24) is 10.2 Å². The van der Waals surface area contributed by atoms with E-state index in [4.69, 9.17) is 10.1 Å². The number of amidine groups is 1. The van der Waals surface area contributed by atoms with Gasteiger partial charge in [0.25, 0.3) is 0 Å². The maximum absolute atomic E-state index is 11.6. The largest absolute Gasteiger partial charge is 0.497 e. The third-order valence-corrected chi connectivity index (χ3v) is 3.87. The lowest BCUT2D eigenvalue weighted by molar-refractivity contribution is 0.194.